The highest BCUT2D eigenvalue weighted by Crippen LogP contribution is 2.30. The van der Waals surface area contributed by atoms with Crippen LogP contribution in [0.2, 0.25) is 10.4 Å². The van der Waals surface area contributed by atoms with Gasteiger partial charge in [-0.3, -0.25) is 0 Å². The first-order valence-electron chi connectivity index (χ1n) is 3.45. The first kappa shape index (κ1) is 9.18. The summed E-state index contributed by atoms with van der Waals surface area (Å²) in [6, 6.07) is 0. The van der Waals surface area contributed by atoms with E-state index in [0.717, 1.165) is 0 Å². The highest BCUT2D eigenvalue weighted by atomic mass is 35.5. The molecule has 0 radical (unpaired) electrons. The van der Waals surface area contributed by atoms with Crippen molar-refractivity contribution in [2.75, 3.05) is 5.75 Å². The van der Waals surface area contributed by atoms with Crippen LogP contribution in [0.1, 0.15) is 5.69 Å². The minimum atomic E-state index is -3.27. The molecule has 1 aromatic heterocycles. The van der Waals surface area contributed by atoms with Gasteiger partial charge in [-0.2, -0.15) is 0 Å². The van der Waals surface area contributed by atoms with Gasteiger partial charge in [0.1, 0.15) is 4.90 Å². The molecular weight excluding hydrogens is 235 g/mol. The zero-order valence-corrected chi connectivity index (χ0v) is 8.62. The number of aromatic nitrogens is 2. The summed E-state index contributed by atoms with van der Waals surface area (Å²) in [6.45, 7) is 0. The summed E-state index contributed by atoms with van der Waals surface area (Å²) in [7, 11) is -3.27. The van der Waals surface area contributed by atoms with Gasteiger partial charge in [0.25, 0.3) is 0 Å². The Bertz CT molecular complexity index is 472. The molecule has 0 N–H and O–H groups in total. The molecule has 0 saturated carbocycles. The van der Waals surface area contributed by atoms with E-state index in [1.165, 1.54) is 0 Å². The SMILES string of the molecule is O=S1(=O)CCc2nc(Cl)nc(Cl)c21. The van der Waals surface area contributed by atoms with Gasteiger partial charge in [-0.1, -0.05) is 11.6 Å². The van der Waals surface area contributed by atoms with Gasteiger partial charge in [0.2, 0.25) is 5.28 Å². The molecule has 13 heavy (non-hydrogen) atoms. The van der Waals surface area contributed by atoms with Gasteiger partial charge in [-0.25, -0.2) is 18.4 Å². The molecular formula is C6H4Cl2N2O2S. The lowest BCUT2D eigenvalue weighted by molar-refractivity contribution is 0.599. The molecule has 0 aromatic carbocycles. The Labute approximate surface area is 84.8 Å². The number of hydrogen-bond acceptors (Lipinski definition) is 4. The van der Waals surface area contributed by atoms with Crippen molar-refractivity contribution in [2.24, 2.45) is 0 Å². The maximum atomic E-state index is 11.4. The largest absolute Gasteiger partial charge is 0.224 e. The molecule has 1 aliphatic heterocycles. The molecule has 0 aliphatic carbocycles. The summed E-state index contributed by atoms with van der Waals surface area (Å²) < 4.78 is 22.8. The number of fused-ring (bicyclic) bond motifs is 1. The second kappa shape index (κ2) is 2.80. The molecule has 1 aromatic rings. The van der Waals surface area contributed by atoms with E-state index in [0.29, 0.717) is 12.1 Å². The smallest absolute Gasteiger partial charge is 0.224 e. The fourth-order valence-electron chi connectivity index (χ4n) is 1.25. The normalized spacial score (nSPS) is 18.6. The van der Waals surface area contributed by atoms with Gasteiger partial charge in [0.15, 0.2) is 15.0 Å². The zero-order chi connectivity index (χ0) is 9.64. The second-order valence-corrected chi connectivity index (χ2v) is 5.37. The number of rotatable bonds is 0. The average Bonchev–Trinajstić information content (AvgIpc) is 2.26. The van der Waals surface area contributed by atoms with Crippen LogP contribution >= 0.6 is 23.2 Å². The Morgan fingerprint density at radius 3 is 2.62 bits per heavy atom. The Morgan fingerprint density at radius 2 is 1.92 bits per heavy atom. The van der Waals surface area contributed by atoms with Crippen molar-refractivity contribution in [1.82, 2.24) is 9.97 Å². The van der Waals surface area contributed by atoms with Gasteiger partial charge in [-0.15, -0.1) is 0 Å². The van der Waals surface area contributed by atoms with Crippen molar-refractivity contribution in [3.63, 3.8) is 0 Å². The lowest BCUT2D eigenvalue weighted by atomic mass is 10.3. The van der Waals surface area contributed by atoms with Crippen molar-refractivity contribution < 1.29 is 8.42 Å². The lowest BCUT2D eigenvalue weighted by Crippen LogP contribution is -2.01. The molecule has 1 aliphatic rings. The number of nitrogens with zero attached hydrogens (tertiary/aromatic N) is 2. The molecule has 2 rings (SSSR count). The highest BCUT2D eigenvalue weighted by molar-refractivity contribution is 7.91. The maximum absolute atomic E-state index is 11.4. The van der Waals surface area contributed by atoms with Gasteiger partial charge in [0.05, 0.1) is 11.4 Å². The van der Waals surface area contributed by atoms with E-state index in [4.69, 9.17) is 23.2 Å². The Morgan fingerprint density at radius 1 is 1.23 bits per heavy atom. The second-order valence-electron chi connectivity index (χ2n) is 2.63. The van der Waals surface area contributed by atoms with Crippen LogP contribution in [0.25, 0.3) is 0 Å². The number of hydrogen-bond donors (Lipinski definition) is 0. The van der Waals surface area contributed by atoms with Crippen LogP contribution in [0, 0.1) is 0 Å². The van der Waals surface area contributed by atoms with Crippen molar-refractivity contribution in [2.45, 2.75) is 11.3 Å². The maximum Gasteiger partial charge on any atom is 0.224 e. The van der Waals surface area contributed by atoms with E-state index in [2.05, 4.69) is 9.97 Å². The van der Waals surface area contributed by atoms with Gasteiger partial charge in [-0.05, 0) is 11.6 Å². The number of halogens is 2. The molecule has 0 bridgehead atoms. The average molecular weight is 239 g/mol. The van der Waals surface area contributed by atoms with Crippen molar-refractivity contribution >= 4 is 33.0 Å². The quantitative estimate of drug-likeness (QED) is 0.502. The van der Waals surface area contributed by atoms with E-state index in [-0.39, 0.29) is 21.1 Å². The summed E-state index contributed by atoms with van der Waals surface area (Å²) in [6.07, 6.45) is 0.361. The molecule has 0 atom stereocenters. The topological polar surface area (TPSA) is 59.9 Å². The lowest BCUT2D eigenvalue weighted by Gasteiger charge is -1.99. The predicted octanol–water partition coefficient (Wildman–Crippen LogP) is 1.11. The summed E-state index contributed by atoms with van der Waals surface area (Å²) in [5.74, 6) is 0.0388. The fourth-order valence-corrected chi connectivity index (χ4v) is 3.50. The van der Waals surface area contributed by atoms with E-state index in [9.17, 15) is 8.42 Å². The van der Waals surface area contributed by atoms with Crippen LogP contribution in [-0.4, -0.2) is 24.1 Å². The van der Waals surface area contributed by atoms with E-state index < -0.39 is 9.84 Å². The third-order valence-corrected chi connectivity index (χ3v) is 4.13. The first-order chi connectivity index (χ1) is 6.00. The molecule has 0 unspecified atom stereocenters. The van der Waals surface area contributed by atoms with E-state index in [1.807, 2.05) is 0 Å². The summed E-state index contributed by atoms with van der Waals surface area (Å²) >= 11 is 11.2. The molecule has 0 saturated heterocycles. The molecule has 70 valence electrons. The summed E-state index contributed by atoms with van der Waals surface area (Å²) in [5, 5.41) is -0.0895. The van der Waals surface area contributed by atoms with Gasteiger partial charge >= 0.3 is 0 Å². The molecule has 2 heterocycles. The predicted molar refractivity (Wildman–Crippen MR) is 47.8 cm³/mol. The highest BCUT2D eigenvalue weighted by Gasteiger charge is 2.31. The first-order valence-corrected chi connectivity index (χ1v) is 5.86. The van der Waals surface area contributed by atoms with Crippen molar-refractivity contribution in [1.29, 1.82) is 0 Å². The van der Waals surface area contributed by atoms with Crippen LogP contribution in [0.3, 0.4) is 0 Å². The number of sulfone groups is 1. The minimum Gasteiger partial charge on any atom is -0.224 e. The van der Waals surface area contributed by atoms with Gasteiger partial charge < -0.3 is 0 Å². The third kappa shape index (κ3) is 1.41. The third-order valence-electron chi connectivity index (χ3n) is 1.79. The monoisotopic (exact) mass is 238 g/mol. The van der Waals surface area contributed by atoms with Crippen LogP contribution in [0.4, 0.5) is 0 Å². The van der Waals surface area contributed by atoms with Crippen LogP contribution < -0.4 is 0 Å². The Balaban J connectivity index is 2.80. The summed E-state index contributed by atoms with van der Waals surface area (Å²) in [4.78, 5) is 7.42. The Kier molecular flexibility index (Phi) is 1.98. The van der Waals surface area contributed by atoms with Crippen molar-refractivity contribution in [3.8, 4) is 0 Å². The van der Waals surface area contributed by atoms with Crippen LogP contribution in [0.15, 0.2) is 4.90 Å². The van der Waals surface area contributed by atoms with Crippen molar-refractivity contribution in [3.05, 3.63) is 16.1 Å². The molecule has 0 spiro atoms. The molecule has 4 nitrogen and oxygen atoms in total. The number of aryl methyl sites for hydroxylation is 1. The van der Waals surface area contributed by atoms with E-state index >= 15 is 0 Å². The standard InChI is InChI=1S/C6H4Cl2N2O2S/c7-5-4-3(9-6(8)10-5)1-2-13(4,11)12/h1-2H2. The zero-order valence-electron chi connectivity index (χ0n) is 6.29. The van der Waals surface area contributed by atoms with Crippen LogP contribution in [-0.2, 0) is 16.3 Å². The molecule has 7 heteroatoms. The van der Waals surface area contributed by atoms with Crippen LogP contribution in [0.5, 0.6) is 0 Å². The Hall–Kier alpha value is -0.390. The van der Waals surface area contributed by atoms with Gasteiger partial charge in [0, 0.05) is 6.42 Å². The summed E-state index contributed by atoms with van der Waals surface area (Å²) in [5.41, 5.74) is 0.421. The molecule has 0 fully saturated rings. The molecule has 0 amide bonds. The minimum absolute atomic E-state index is 0.0131. The fraction of sp³-hybridized carbons (Fsp3) is 0.333. The van der Waals surface area contributed by atoms with E-state index in [1.54, 1.807) is 0 Å².